The maximum Gasteiger partial charge on any atom is 0.392 e. The second kappa shape index (κ2) is 4.84. The van der Waals surface area contributed by atoms with Gasteiger partial charge in [-0.15, -0.1) is 0 Å². The van der Waals surface area contributed by atoms with Gasteiger partial charge in [0, 0.05) is 6.20 Å². The molecule has 0 amide bonds. The average Bonchev–Trinajstić information content (AvgIpc) is 2.16. The van der Waals surface area contributed by atoms with Crippen LogP contribution < -0.4 is 4.74 Å². The van der Waals surface area contributed by atoms with Crippen LogP contribution in [0.25, 0.3) is 0 Å². The maximum atomic E-state index is 11.9. The van der Waals surface area contributed by atoms with Crippen LogP contribution in [0, 0.1) is 18.3 Å². The van der Waals surface area contributed by atoms with Crippen LogP contribution in [-0.4, -0.2) is 17.8 Å². The number of alkyl halides is 3. The highest BCUT2D eigenvalue weighted by Crippen LogP contribution is 2.22. The zero-order valence-electron chi connectivity index (χ0n) is 8.51. The van der Waals surface area contributed by atoms with Crippen molar-refractivity contribution in [2.24, 2.45) is 0 Å². The number of ether oxygens (including phenoxy) is 1. The van der Waals surface area contributed by atoms with Crippen LogP contribution in [0.3, 0.4) is 0 Å². The molecule has 0 aromatic carbocycles. The molecule has 16 heavy (non-hydrogen) atoms. The van der Waals surface area contributed by atoms with Gasteiger partial charge in [-0.3, -0.25) is 0 Å². The summed E-state index contributed by atoms with van der Waals surface area (Å²) < 4.78 is 40.4. The molecule has 0 saturated heterocycles. The predicted octanol–water partition coefficient (Wildman–Crippen LogP) is 2.59. The lowest BCUT2D eigenvalue weighted by Crippen LogP contribution is -2.14. The summed E-state index contributed by atoms with van der Waals surface area (Å²) in [7, 11) is 0. The summed E-state index contributed by atoms with van der Waals surface area (Å²) in [6, 6.07) is 3.44. The number of nitrogens with zero attached hydrogens (tertiary/aromatic N) is 2. The van der Waals surface area contributed by atoms with E-state index in [2.05, 4.69) is 4.98 Å². The van der Waals surface area contributed by atoms with E-state index in [-0.39, 0.29) is 11.4 Å². The number of aromatic nitrogens is 1. The molecule has 0 aliphatic carbocycles. The molecule has 3 nitrogen and oxygen atoms in total. The Morgan fingerprint density at radius 2 is 2.19 bits per heavy atom. The zero-order valence-corrected chi connectivity index (χ0v) is 8.51. The minimum atomic E-state index is -4.27. The summed E-state index contributed by atoms with van der Waals surface area (Å²) in [5, 5.41) is 8.77. The van der Waals surface area contributed by atoms with Gasteiger partial charge in [-0.2, -0.15) is 18.4 Å². The molecule has 0 saturated carbocycles. The van der Waals surface area contributed by atoms with Gasteiger partial charge in [-0.05, 0) is 18.6 Å². The van der Waals surface area contributed by atoms with Crippen molar-refractivity contribution in [2.75, 3.05) is 6.61 Å². The smallest absolute Gasteiger partial charge is 0.392 e. The van der Waals surface area contributed by atoms with Gasteiger partial charge in [0.2, 0.25) is 5.88 Å². The quantitative estimate of drug-likeness (QED) is 0.801. The molecule has 0 aliphatic rings. The first-order valence-electron chi connectivity index (χ1n) is 4.49. The van der Waals surface area contributed by atoms with Crippen LogP contribution in [0.4, 0.5) is 13.2 Å². The first kappa shape index (κ1) is 12.3. The second-order valence-corrected chi connectivity index (χ2v) is 3.13. The van der Waals surface area contributed by atoms with E-state index >= 15 is 0 Å². The Kier molecular flexibility index (Phi) is 3.72. The van der Waals surface area contributed by atoms with Crippen LogP contribution in [0.1, 0.15) is 17.5 Å². The monoisotopic (exact) mass is 230 g/mol. The van der Waals surface area contributed by atoms with Crippen molar-refractivity contribution < 1.29 is 17.9 Å². The molecule has 0 bridgehead atoms. The summed E-state index contributed by atoms with van der Waals surface area (Å²) in [4.78, 5) is 3.72. The Labute approximate surface area is 90.5 Å². The summed E-state index contributed by atoms with van der Waals surface area (Å²) >= 11 is 0. The number of aryl methyl sites for hydroxylation is 1. The number of hydrogen-bond acceptors (Lipinski definition) is 3. The second-order valence-electron chi connectivity index (χ2n) is 3.13. The SMILES string of the molecule is Cc1ccnc(OCCC(F)(F)F)c1C#N. The minimum Gasteiger partial charge on any atom is -0.476 e. The van der Waals surface area contributed by atoms with Gasteiger partial charge in [0.25, 0.3) is 0 Å². The highest BCUT2D eigenvalue weighted by molar-refractivity contribution is 5.43. The molecule has 0 atom stereocenters. The van der Waals surface area contributed by atoms with E-state index < -0.39 is 19.2 Å². The third-order valence-electron chi connectivity index (χ3n) is 1.86. The molecular weight excluding hydrogens is 221 g/mol. The van der Waals surface area contributed by atoms with Gasteiger partial charge in [0.05, 0.1) is 13.0 Å². The van der Waals surface area contributed by atoms with Crippen molar-refractivity contribution in [3.63, 3.8) is 0 Å². The summed E-state index contributed by atoms with van der Waals surface area (Å²) in [6.45, 7) is 1.13. The van der Waals surface area contributed by atoms with Crippen molar-refractivity contribution in [3.8, 4) is 11.9 Å². The van der Waals surface area contributed by atoms with Crippen molar-refractivity contribution in [3.05, 3.63) is 23.4 Å². The van der Waals surface area contributed by atoms with E-state index in [4.69, 9.17) is 10.00 Å². The molecule has 0 unspecified atom stereocenters. The number of pyridine rings is 1. The number of rotatable bonds is 3. The molecular formula is C10H9F3N2O. The lowest BCUT2D eigenvalue weighted by atomic mass is 10.2. The van der Waals surface area contributed by atoms with Crippen LogP contribution in [0.15, 0.2) is 12.3 Å². The first-order valence-corrected chi connectivity index (χ1v) is 4.49. The largest absolute Gasteiger partial charge is 0.476 e. The van der Waals surface area contributed by atoms with E-state index in [0.717, 1.165) is 0 Å². The van der Waals surface area contributed by atoms with Gasteiger partial charge in [0.15, 0.2) is 0 Å². The van der Waals surface area contributed by atoms with Crippen molar-refractivity contribution in [2.45, 2.75) is 19.5 Å². The first-order chi connectivity index (χ1) is 7.44. The maximum absolute atomic E-state index is 11.9. The lowest BCUT2D eigenvalue weighted by Gasteiger charge is -2.09. The minimum absolute atomic E-state index is 0.0493. The van der Waals surface area contributed by atoms with Crippen LogP contribution >= 0.6 is 0 Å². The topological polar surface area (TPSA) is 45.9 Å². The normalized spacial score (nSPS) is 10.9. The van der Waals surface area contributed by atoms with Crippen molar-refractivity contribution >= 4 is 0 Å². The molecule has 6 heteroatoms. The van der Waals surface area contributed by atoms with E-state index in [1.807, 2.05) is 6.07 Å². The fourth-order valence-corrected chi connectivity index (χ4v) is 1.04. The Morgan fingerprint density at radius 1 is 1.50 bits per heavy atom. The summed E-state index contributed by atoms with van der Waals surface area (Å²) in [5.41, 5.74) is 0.796. The lowest BCUT2D eigenvalue weighted by molar-refractivity contribution is -0.139. The Hall–Kier alpha value is -1.77. The highest BCUT2D eigenvalue weighted by atomic mass is 19.4. The molecule has 1 aromatic heterocycles. The molecule has 0 fully saturated rings. The van der Waals surface area contributed by atoms with Crippen molar-refractivity contribution in [1.82, 2.24) is 4.98 Å². The third-order valence-corrected chi connectivity index (χ3v) is 1.86. The fraction of sp³-hybridized carbons (Fsp3) is 0.400. The standard InChI is InChI=1S/C10H9F3N2O/c1-7-2-4-15-9(8(7)6-14)16-5-3-10(11,12)13/h2,4H,3,5H2,1H3. The van der Waals surface area contributed by atoms with Crippen LogP contribution in [0.2, 0.25) is 0 Å². The van der Waals surface area contributed by atoms with E-state index in [0.29, 0.717) is 5.56 Å². The molecule has 0 radical (unpaired) electrons. The highest BCUT2D eigenvalue weighted by Gasteiger charge is 2.27. The molecule has 1 heterocycles. The molecule has 86 valence electrons. The molecule has 0 aliphatic heterocycles. The zero-order chi connectivity index (χ0) is 12.2. The number of nitriles is 1. The van der Waals surface area contributed by atoms with Crippen LogP contribution in [-0.2, 0) is 0 Å². The Balaban J connectivity index is 2.68. The predicted molar refractivity (Wildman–Crippen MR) is 49.9 cm³/mol. The van der Waals surface area contributed by atoms with Crippen molar-refractivity contribution in [1.29, 1.82) is 5.26 Å². The van der Waals surface area contributed by atoms with Gasteiger partial charge < -0.3 is 4.74 Å². The number of halogens is 3. The average molecular weight is 230 g/mol. The van der Waals surface area contributed by atoms with Crippen LogP contribution in [0.5, 0.6) is 5.88 Å². The molecule has 0 N–H and O–H groups in total. The van der Waals surface area contributed by atoms with E-state index in [1.54, 1.807) is 13.0 Å². The summed E-state index contributed by atoms with van der Waals surface area (Å²) in [6.07, 6.45) is -3.94. The Bertz CT molecular complexity index is 410. The fourth-order valence-electron chi connectivity index (χ4n) is 1.04. The van der Waals surface area contributed by atoms with E-state index in [1.165, 1.54) is 6.20 Å². The summed E-state index contributed by atoms with van der Waals surface area (Å²) in [5.74, 6) is -0.0493. The molecule has 1 aromatic rings. The Morgan fingerprint density at radius 3 is 2.75 bits per heavy atom. The number of hydrogen-bond donors (Lipinski definition) is 0. The van der Waals surface area contributed by atoms with E-state index in [9.17, 15) is 13.2 Å². The van der Waals surface area contributed by atoms with Gasteiger partial charge >= 0.3 is 6.18 Å². The molecule has 0 spiro atoms. The van der Waals surface area contributed by atoms with Gasteiger partial charge in [-0.1, -0.05) is 0 Å². The van der Waals surface area contributed by atoms with Gasteiger partial charge in [-0.25, -0.2) is 4.98 Å². The molecule has 1 rings (SSSR count). The third kappa shape index (κ3) is 3.42. The van der Waals surface area contributed by atoms with Gasteiger partial charge in [0.1, 0.15) is 11.6 Å².